The van der Waals surface area contributed by atoms with Crippen LogP contribution in [0.4, 0.5) is 11.4 Å². The number of benzene rings is 2. The second-order valence-electron chi connectivity index (χ2n) is 9.27. The van der Waals surface area contributed by atoms with Gasteiger partial charge in [0.1, 0.15) is 33.7 Å². The van der Waals surface area contributed by atoms with E-state index in [0.29, 0.717) is 16.9 Å². The van der Waals surface area contributed by atoms with Gasteiger partial charge < -0.3 is 14.4 Å². The standard InChI is InChI=1S/C26H26Cl2N8O5S/c1-32(2)42(38,39)36-9-8-29-22(36)14-34(25-23(27)20(40-4)11-21(41-5)24(25)28)16-6-7-19-18(10-16)26(37)35(15-30-19)17-12-31-33(3)13-17/h6-13,15H,14H2,1-5H3. The van der Waals surface area contributed by atoms with Gasteiger partial charge in [-0.1, -0.05) is 23.2 Å². The Morgan fingerprint density at radius 2 is 1.71 bits per heavy atom. The fourth-order valence-electron chi connectivity index (χ4n) is 4.36. The molecule has 0 unspecified atom stereocenters. The number of ether oxygens (including phenoxy) is 2. The molecule has 42 heavy (non-hydrogen) atoms. The summed E-state index contributed by atoms with van der Waals surface area (Å²) in [5.41, 5.74) is 1.34. The molecule has 0 bridgehead atoms. The zero-order valence-corrected chi connectivity index (χ0v) is 25.5. The molecule has 0 radical (unpaired) electrons. The minimum Gasteiger partial charge on any atom is -0.495 e. The summed E-state index contributed by atoms with van der Waals surface area (Å²) in [4.78, 5) is 24.0. The molecule has 3 heterocycles. The highest BCUT2D eigenvalue weighted by Crippen LogP contribution is 2.48. The van der Waals surface area contributed by atoms with E-state index in [4.69, 9.17) is 32.7 Å². The lowest BCUT2D eigenvalue weighted by molar-refractivity contribution is 0.394. The predicted molar refractivity (Wildman–Crippen MR) is 160 cm³/mol. The highest BCUT2D eigenvalue weighted by molar-refractivity contribution is 7.87. The maximum Gasteiger partial charge on any atom is 0.308 e. The molecule has 0 aliphatic carbocycles. The van der Waals surface area contributed by atoms with E-state index in [1.807, 2.05) is 0 Å². The Bertz CT molecular complexity index is 1940. The molecule has 16 heteroatoms. The molecule has 0 N–H and O–H groups in total. The van der Waals surface area contributed by atoms with E-state index < -0.39 is 10.2 Å². The van der Waals surface area contributed by atoms with Crippen molar-refractivity contribution in [3.63, 3.8) is 0 Å². The Morgan fingerprint density at radius 3 is 2.31 bits per heavy atom. The van der Waals surface area contributed by atoms with Gasteiger partial charge in [-0.3, -0.25) is 14.0 Å². The number of rotatable bonds is 9. The van der Waals surface area contributed by atoms with Crippen molar-refractivity contribution in [2.75, 3.05) is 33.2 Å². The Morgan fingerprint density at radius 1 is 1.02 bits per heavy atom. The third-order valence-electron chi connectivity index (χ3n) is 6.53. The van der Waals surface area contributed by atoms with Crippen LogP contribution in [0.2, 0.25) is 10.0 Å². The van der Waals surface area contributed by atoms with Gasteiger partial charge in [0.2, 0.25) is 0 Å². The van der Waals surface area contributed by atoms with Gasteiger partial charge in [0.25, 0.3) is 5.56 Å². The molecule has 5 rings (SSSR count). The van der Waals surface area contributed by atoms with Crippen molar-refractivity contribution in [3.8, 4) is 17.2 Å². The van der Waals surface area contributed by atoms with Crippen molar-refractivity contribution < 1.29 is 17.9 Å². The lowest BCUT2D eigenvalue weighted by Crippen LogP contribution is -2.31. The van der Waals surface area contributed by atoms with Crippen molar-refractivity contribution in [2.24, 2.45) is 7.05 Å². The van der Waals surface area contributed by atoms with Crippen molar-refractivity contribution in [1.29, 1.82) is 0 Å². The van der Waals surface area contributed by atoms with Crippen molar-refractivity contribution >= 4 is 55.7 Å². The van der Waals surface area contributed by atoms with Gasteiger partial charge in [-0.2, -0.15) is 17.8 Å². The van der Waals surface area contributed by atoms with Gasteiger partial charge >= 0.3 is 10.2 Å². The summed E-state index contributed by atoms with van der Waals surface area (Å²) in [5.74, 6) is 0.684. The Labute approximate surface area is 251 Å². The van der Waals surface area contributed by atoms with Crippen LogP contribution in [-0.2, 0) is 23.8 Å². The van der Waals surface area contributed by atoms with Crippen LogP contribution in [0, 0.1) is 0 Å². The molecule has 220 valence electrons. The number of imidazole rings is 1. The quantitative estimate of drug-likeness (QED) is 0.239. The van der Waals surface area contributed by atoms with Gasteiger partial charge in [0.15, 0.2) is 0 Å². The summed E-state index contributed by atoms with van der Waals surface area (Å²) >= 11 is 13.6. The van der Waals surface area contributed by atoms with E-state index in [0.717, 1.165) is 8.28 Å². The summed E-state index contributed by atoms with van der Waals surface area (Å²) in [6.45, 7) is -0.127. The first kappa shape index (κ1) is 29.4. The number of hydrogen-bond acceptors (Lipinski definition) is 9. The van der Waals surface area contributed by atoms with Crippen molar-refractivity contribution in [1.82, 2.24) is 32.6 Å². The maximum absolute atomic E-state index is 13.6. The monoisotopic (exact) mass is 632 g/mol. The first-order valence-corrected chi connectivity index (χ1v) is 14.5. The van der Waals surface area contributed by atoms with Crippen LogP contribution < -0.4 is 19.9 Å². The number of hydrogen-bond donors (Lipinski definition) is 0. The molecule has 3 aromatic heterocycles. The zero-order valence-electron chi connectivity index (χ0n) is 23.2. The fraction of sp³-hybridized carbons (Fsp3) is 0.231. The average Bonchev–Trinajstić information content (AvgIpc) is 3.62. The Kier molecular flexibility index (Phi) is 7.90. The van der Waals surface area contributed by atoms with E-state index in [2.05, 4.69) is 15.1 Å². The maximum atomic E-state index is 13.6. The van der Waals surface area contributed by atoms with Crippen LogP contribution in [-0.4, -0.2) is 69.3 Å². The van der Waals surface area contributed by atoms with Gasteiger partial charge in [0.05, 0.1) is 49.2 Å². The molecule has 13 nitrogen and oxygen atoms in total. The van der Waals surface area contributed by atoms with E-state index in [-0.39, 0.29) is 50.5 Å². The van der Waals surface area contributed by atoms with Gasteiger partial charge in [0, 0.05) is 51.5 Å². The SMILES string of the molecule is COc1cc(OC)c(Cl)c(N(Cc2nccn2S(=O)(=O)N(C)C)c2ccc3ncn(-c4cnn(C)c4)c(=O)c3c2)c1Cl. The summed E-state index contributed by atoms with van der Waals surface area (Å²) in [7, 11) is 3.55. The Hall–Kier alpha value is -4.11. The van der Waals surface area contributed by atoms with Crippen LogP contribution in [0.5, 0.6) is 11.5 Å². The average molecular weight is 634 g/mol. The molecule has 0 amide bonds. The van der Waals surface area contributed by atoms with Crippen LogP contribution in [0.25, 0.3) is 16.6 Å². The van der Waals surface area contributed by atoms with Crippen LogP contribution in [0.1, 0.15) is 5.82 Å². The largest absolute Gasteiger partial charge is 0.495 e. The van der Waals surface area contributed by atoms with Crippen molar-refractivity contribution in [3.05, 3.63) is 81.6 Å². The first-order chi connectivity index (χ1) is 20.0. The highest BCUT2D eigenvalue weighted by Gasteiger charge is 2.28. The Balaban J connectivity index is 1.76. The van der Waals surface area contributed by atoms with Crippen LogP contribution in [0.3, 0.4) is 0 Å². The lowest BCUT2D eigenvalue weighted by atomic mass is 10.1. The predicted octanol–water partition coefficient (Wildman–Crippen LogP) is 3.63. The number of aryl methyl sites for hydroxylation is 1. The minimum atomic E-state index is -3.92. The zero-order chi connectivity index (χ0) is 30.3. The number of methoxy groups -OCH3 is 2. The summed E-state index contributed by atoms with van der Waals surface area (Å²) in [6, 6.07) is 6.56. The molecule has 0 aliphatic rings. The van der Waals surface area contributed by atoms with E-state index in [1.165, 1.54) is 51.6 Å². The van der Waals surface area contributed by atoms with Gasteiger partial charge in [-0.25, -0.2) is 13.9 Å². The molecule has 0 saturated carbocycles. The number of anilines is 2. The lowest BCUT2D eigenvalue weighted by Gasteiger charge is -2.28. The number of aromatic nitrogens is 6. The first-order valence-electron chi connectivity index (χ1n) is 12.3. The minimum absolute atomic E-state index is 0.127. The molecule has 0 atom stereocenters. The third kappa shape index (κ3) is 5.06. The number of fused-ring (bicyclic) bond motifs is 1. The van der Waals surface area contributed by atoms with Crippen LogP contribution >= 0.6 is 23.2 Å². The molecular formula is C26H26Cl2N8O5S. The van der Waals surface area contributed by atoms with E-state index >= 15 is 0 Å². The summed E-state index contributed by atoms with van der Waals surface area (Å²) < 4.78 is 42.2. The molecule has 0 saturated heterocycles. The van der Waals surface area contributed by atoms with Gasteiger partial charge in [-0.15, -0.1) is 0 Å². The van der Waals surface area contributed by atoms with Crippen molar-refractivity contribution in [2.45, 2.75) is 6.54 Å². The molecule has 0 fully saturated rings. The van der Waals surface area contributed by atoms with Gasteiger partial charge in [-0.05, 0) is 18.2 Å². The fourth-order valence-corrected chi connectivity index (χ4v) is 6.00. The molecule has 0 aliphatic heterocycles. The smallest absolute Gasteiger partial charge is 0.308 e. The second-order valence-corrected chi connectivity index (χ2v) is 12.0. The molecular weight excluding hydrogens is 607 g/mol. The normalized spacial score (nSPS) is 11.8. The highest BCUT2D eigenvalue weighted by atomic mass is 35.5. The van der Waals surface area contributed by atoms with E-state index in [9.17, 15) is 13.2 Å². The summed E-state index contributed by atoms with van der Waals surface area (Å²) in [6.07, 6.45) is 7.40. The molecule has 2 aromatic carbocycles. The van der Waals surface area contributed by atoms with E-state index in [1.54, 1.807) is 53.3 Å². The number of halogens is 2. The van der Waals surface area contributed by atoms with Crippen LogP contribution in [0.15, 0.2) is 60.2 Å². The topological polar surface area (TPSA) is 130 Å². The molecule has 5 aromatic rings. The molecule has 0 spiro atoms. The summed E-state index contributed by atoms with van der Waals surface area (Å²) in [5, 5.41) is 4.70. The second kappa shape index (κ2) is 11.3. The number of nitrogens with zero attached hydrogens (tertiary/aromatic N) is 8. The third-order valence-corrected chi connectivity index (χ3v) is 9.02.